The van der Waals surface area contributed by atoms with Crippen LogP contribution in [0, 0.1) is 0 Å². The molecule has 5 rings (SSSR count). The molecule has 0 N–H and O–H groups in total. The van der Waals surface area contributed by atoms with Crippen molar-refractivity contribution in [2.24, 2.45) is 0 Å². The maximum Gasteiger partial charge on any atom is 0.175 e. The largest absolute Gasteiger partial charge is 0.256 e. The fourth-order valence-electron chi connectivity index (χ4n) is 4.85. The third-order valence-electron chi connectivity index (χ3n) is 6.70. The lowest BCUT2D eigenvalue weighted by molar-refractivity contribution is 0.596. The van der Waals surface area contributed by atoms with Gasteiger partial charge in [0.1, 0.15) is 9.84 Å². The van der Waals surface area contributed by atoms with Crippen molar-refractivity contribution in [2.45, 2.75) is 17.7 Å². The Labute approximate surface area is 229 Å². The number of rotatable bonds is 7. The summed E-state index contributed by atoms with van der Waals surface area (Å²) >= 11 is 0. The maximum absolute atomic E-state index is 12.0. The van der Waals surface area contributed by atoms with E-state index < -0.39 is 19.7 Å². The van der Waals surface area contributed by atoms with Crippen LogP contribution in [0.2, 0.25) is 0 Å². The van der Waals surface area contributed by atoms with Crippen molar-refractivity contribution in [1.82, 2.24) is 9.97 Å². The Balaban J connectivity index is 1.62. The lowest BCUT2D eigenvalue weighted by Crippen LogP contribution is -2.10. The van der Waals surface area contributed by atoms with Crippen molar-refractivity contribution in [3.8, 4) is 33.5 Å². The minimum Gasteiger partial charge on any atom is -0.256 e. The first-order valence-corrected chi connectivity index (χ1v) is 16.4. The smallest absolute Gasteiger partial charge is 0.175 e. The van der Waals surface area contributed by atoms with Crippen LogP contribution in [0.15, 0.2) is 102 Å². The molecule has 0 saturated heterocycles. The summed E-state index contributed by atoms with van der Waals surface area (Å²) in [6, 6.07) is 26.6. The number of benzene rings is 3. The van der Waals surface area contributed by atoms with E-state index in [0.29, 0.717) is 0 Å². The number of fused-ring (bicyclic) bond motifs is 1. The molecule has 6 nitrogen and oxygen atoms in total. The molecule has 3 aromatic carbocycles. The fraction of sp³-hybridized carbons (Fsp3) is 0.161. The van der Waals surface area contributed by atoms with E-state index in [9.17, 15) is 16.8 Å². The zero-order valence-electron chi connectivity index (χ0n) is 21.9. The second-order valence-corrected chi connectivity index (χ2v) is 14.1. The van der Waals surface area contributed by atoms with Crippen molar-refractivity contribution in [1.29, 1.82) is 0 Å². The molecule has 0 aliphatic rings. The van der Waals surface area contributed by atoms with Crippen LogP contribution in [0.5, 0.6) is 0 Å². The SMILES string of the molecule is CC(CS(C)(=O)=O)c1cc(-c2cccc(-c3cccnc3-c3ccc(S(C)(=O)=O)cc3)c2)c2ncccc2c1. The molecule has 0 bridgehead atoms. The van der Waals surface area contributed by atoms with E-state index >= 15 is 0 Å². The molecule has 5 aromatic rings. The molecule has 1 atom stereocenters. The van der Waals surface area contributed by atoms with Crippen molar-refractivity contribution in [3.05, 3.63) is 103 Å². The van der Waals surface area contributed by atoms with Gasteiger partial charge in [0.25, 0.3) is 0 Å². The van der Waals surface area contributed by atoms with Crippen LogP contribution in [0.1, 0.15) is 18.4 Å². The van der Waals surface area contributed by atoms with Gasteiger partial charge in [0.2, 0.25) is 0 Å². The average Bonchev–Trinajstić information content (AvgIpc) is 2.91. The molecule has 0 fully saturated rings. The van der Waals surface area contributed by atoms with Crippen molar-refractivity contribution in [3.63, 3.8) is 0 Å². The Bertz CT molecular complexity index is 1900. The van der Waals surface area contributed by atoms with E-state index in [2.05, 4.69) is 16.0 Å². The molecule has 39 heavy (non-hydrogen) atoms. The number of hydrogen-bond acceptors (Lipinski definition) is 6. The van der Waals surface area contributed by atoms with E-state index in [4.69, 9.17) is 0 Å². The van der Waals surface area contributed by atoms with Crippen LogP contribution in [0.3, 0.4) is 0 Å². The molecule has 0 spiro atoms. The predicted molar refractivity (Wildman–Crippen MR) is 157 cm³/mol. The van der Waals surface area contributed by atoms with Gasteiger partial charge < -0.3 is 0 Å². The van der Waals surface area contributed by atoms with Crippen LogP contribution in [-0.2, 0) is 19.7 Å². The summed E-state index contributed by atoms with van der Waals surface area (Å²) in [6.45, 7) is 1.93. The highest BCUT2D eigenvalue weighted by Crippen LogP contribution is 2.36. The molecule has 0 amide bonds. The second-order valence-electron chi connectivity index (χ2n) is 9.91. The van der Waals surface area contributed by atoms with Gasteiger partial charge in [-0.2, -0.15) is 0 Å². The minimum atomic E-state index is -3.30. The number of pyridine rings is 2. The zero-order chi connectivity index (χ0) is 27.8. The summed E-state index contributed by atoms with van der Waals surface area (Å²) in [4.78, 5) is 9.53. The normalized spacial score (nSPS) is 12.9. The highest BCUT2D eigenvalue weighted by atomic mass is 32.2. The van der Waals surface area contributed by atoms with Crippen molar-refractivity contribution >= 4 is 30.6 Å². The summed E-state index contributed by atoms with van der Waals surface area (Å²) in [6.07, 6.45) is 5.93. The highest BCUT2D eigenvalue weighted by molar-refractivity contribution is 7.91. The van der Waals surface area contributed by atoms with Crippen LogP contribution in [0.4, 0.5) is 0 Å². The van der Waals surface area contributed by atoms with Gasteiger partial charge >= 0.3 is 0 Å². The van der Waals surface area contributed by atoms with Crippen LogP contribution in [-0.4, -0.2) is 45.1 Å². The van der Waals surface area contributed by atoms with E-state index in [1.54, 1.807) is 36.7 Å². The Morgan fingerprint density at radius 2 is 1.36 bits per heavy atom. The first kappa shape index (κ1) is 26.7. The summed E-state index contributed by atoms with van der Waals surface area (Å²) in [5, 5.41) is 0.948. The topological polar surface area (TPSA) is 94.1 Å². The Morgan fingerprint density at radius 1 is 0.692 bits per heavy atom. The molecule has 0 aliphatic carbocycles. The highest BCUT2D eigenvalue weighted by Gasteiger charge is 2.17. The average molecular weight is 557 g/mol. The summed E-state index contributed by atoms with van der Waals surface area (Å²) < 4.78 is 47.8. The Morgan fingerprint density at radius 3 is 2.05 bits per heavy atom. The van der Waals surface area contributed by atoms with Gasteiger partial charge in [-0.3, -0.25) is 9.97 Å². The molecule has 0 aliphatic heterocycles. The molecule has 1 unspecified atom stereocenters. The van der Waals surface area contributed by atoms with Crippen LogP contribution in [0.25, 0.3) is 44.4 Å². The van der Waals surface area contributed by atoms with E-state index in [1.807, 2.05) is 61.5 Å². The summed E-state index contributed by atoms with van der Waals surface area (Å²) in [5.41, 5.74) is 7.06. The fourth-order valence-corrected chi connectivity index (χ4v) is 6.58. The predicted octanol–water partition coefficient (Wildman–Crippen LogP) is 6.18. The van der Waals surface area contributed by atoms with Gasteiger partial charge in [0.15, 0.2) is 9.84 Å². The van der Waals surface area contributed by atoms with Crippen LogP contribution >= 0.6 is 0 Å². The third-order valence-corrected chi connectivity index (χ3v) is 8.93. The molecule has 2 aromatic heterocycles. The van der Waals surface area contributed by atoms with Gasteiger partial charge in [0.05, 0.1) is 21.9 Å². The first-order chi connectivity index (χ1) is 18.5. The van der Waals surface area contributed by atoms with Gasteiger partial charge in [-0.05, 0) is 65.1 Å². The number of aromatic nitrogens is 2. The molecule has 0 saturated carbocycles. The van der Waals surface area contributed by atoms with Gasteiger partial charge in [0, 0.05) is 47.0 Å². The third kappa shape index (κ3) is 5.92. The first-order valence-electron chi connectivity index (χ1n) is 12.4. The zero-order valence-corrected chi connectivity index (χ0v) is 23.5. The molecule has 0 radical (unpaired) electrons. The molecular formula is C31H28N2O4S2. The van der Waals surface area contributed by atoms with E-state index in [1.165, 1.54) is 12.5 Å². The molecule has 8 heteroatoms. The standard InChI is InChI=1S/C31H28N2O4S2/c1-21(20-38(2,34)35)26-18-25-9-5-15-33-31(25)29(19-26)24-8-4-7-23(17-24)28-10-6-16-32-30(28)22-11-13-27(14-12-22)39(3,36)37/h4-19,21H,20H2,1-3H3. The van der Waals surface area contributed by atoms with Gasteiger partial charge in [-0.25, -0.2) is 16.8 Å². The molecule has 198 valence electrons. The van der Waals surface area contributed by atoms with Gasteiger partial charge in [-0.1, -0.05) is 49.4 Å². The van der Waals surface area contributed by atoms with Crippen molar-refractivity contribution in [2.75, 3.05) is 18.3 Å². The summed E-state index contributed by atoms with van der Waals surface area (Å²) in [5.74, 6) is -0.110. The van der Waals surface area contributed by atoms with E-state index in [0.717, 1.165) is 50.0 Å². The number of nitrogens with zero attached hydrogens (tertiary/aromatic N) is 2. The maximum atomic E-state index is 12.0. The lowest BCUT2D eigenvalue weighted by atomic mass is 9.92. The molecule has 2 heterocycles. The Hall–Kier alpha value is -3.88. The second kappa shape index (κ2) is 10.4. The molecular weight excluding hydrogens is 528 g/mol. The van der Waals surface area contributed by atoms with Crippen molar-refractivity contribution < 1.29 is 16.8 Å². The van der Waals surface area contributed by atoms with E-state index in [-0.39, 0.29) is 16.6 Å². The van der Waals surface area contributed by atoms with Gasteiger partial charge in [-0.15, -0.1) is 0 Å². The Kier molecular flexibility index (Phi) is 7.09. The quantitative estimate of drug-likeness (QED) is 0.238. The monoisotopic (exact) mass is 556 g/mol. The lowest BCUT2D eigenvalue weighted by Gasteiger charge is -2.16. The number of hydrogen-bond donors (Lipinski definition) is 0. The van der Waals surface area contributed by atoms with Crippen LogP contribution < -0.4 is 0 Å². The number of sulfone groups is 2. The summed E-state index contributed by atoms with van der Waals surface area (Å²) in [7, 11) is -6.44. The minimum absolute atomic E-state index is 0.0649.